The summed E-state index contributed by atoms with van der Waals surface area (Å²) in [6.07, 6.45) is 1.75. The molecular formula is C19H12N4Se. The van der Waals surface area contributed by atoms with Crippen LogP contribution in [-0.4, -0.2) is 29.0 Å². The summed E-state index contributed by atoms with van der Waals surface area (Å²) in [5, 5.41) is 10.8. The maximum atomic E-state index is 8.63. The molecule has 5 heteroatoms. The van der Waals surface area contributed by atoms with Crippen molar-refractivity contribution in [1.29, 1.82) is 5.41 Å². The quantitative estimate of drug-likeness (QED) is 0.457. The summed E-state index contributed by atoms with van der Waals surface area (Å²) < 4.78 is 3.92. The Morgan fingerprint density at radius 1 is 0.958 bits per heavy atom. The Hall–Kier alpha value is -2.75. The van der Waals surface area contributed by atoms with Crippen molar-refractivity contribution in [3.8, 4) is 5.69 Å². The van der Waals surface area contributed by atoms with Crippen molar-refractivity contribution >= 4 is 45.0 Å². The number of para-hydroxylation sites is 2. The Morgan fingerprint density at radius 3 is 2.62 bits per heavy atom. The summed E-state index contributed by atoms with van der Waals surface area (Å²) in [6, 6.07) is 20.2. The molecule has 0 radical (unpaired) electrons. The fourth-order valence-corrected chi connectivity index (χ4v) is 5.19. The van der Waals surface area contributed by atoms with Gasteiger partial charge >= 0.3 is 143 Å². The van der Waals surface area contributed by atoms with Crippen molar-refractivity contribution in [3.63, 3.8) is 0 Å². The summed E-state index contributed by atoms with van der Waals surface area (Å²) in [5.41, 5.74) is 3.39. The second-order valence-electron chi connectivity index (χ2n) is 5.61. The molecule has 24 heavy (non-hydrogen) atoms. The SMILES string of the molecule is N=c1c2[se]c3nc4ccccc4cc3c2ncn1-c1ccccc1. The Labute approximate surface area is 143 Å². The molecule has 0 aliphatic rings. The third-order valence-corrected chi connectivity index (χ3v) is 6.45. The molecule has 0 amide bonds. The standard InChI is InChI=1S/C19H12N4Se/c20-18-17-16(21-11-23(18)13-7-2-1-3-8-13)14-10-12-6-4-5-9-15(12)22-19(14)24-17/h1-11,20H. The summed E-state index contributed by atoms with van der Waals surface area (Å²) in [6.45, 7) is 0. The van der Waals surface area contributed by atoms with E-state index in [4.69, 9.17) is 10.4 Å². The minimum absolute atomic E-state index is 0.0105. The van der Waals surface area contributed by atoms with E-state index in [9.17, 15) is 0 Å². The number of pyridine rings is 1. The number of hydrogen-bond donors (Lipinski definition) is 1. The Kier molecular flexibility index (Phi) is 2.92. The van der Waals surface area contributed by atoms with Crippen LogP contribution in [0, 0.1) is 5.41 Å². The molecule has 2 aromatic carbocycles. The van der Waals surface area contributed by atoms with Crippen LogP contribution in [0.5, 0.6) is 0 Å². The third-order valence-electron chi connectivity index (χ3n) is 4.15. The molecule has 0 atom stereocenters. The number of hydrogen-bond acceptors (Lipinski definition) is 3. The zero-order valence-corrected chi connectivity index (χ0v) is 14.3. The van der Waals surface area contributed by atoms with Gasteiger partial charge < -0.3 is 0 Å². The topological polar surface area (TPSA) is 54.6 Å². The molecule has 0 aliphatic carbocycles. The van der Waals surface area contributed by atoms with Gasteiger partial charge in [0, 0.05) is 0 Å². The van der Waals surface area contributed by atoms with Gasteiger partial charge in [-0.3, -0.25) is 0 Å². The first kappa shape index (κ1) is 13.7. The van der Waals surface area contributed by atoms with Gasteiger partial charge in [-0.1, -0.05) is 0 Å². The van der Waals surface area contributed by atoms with Crippen LogP contribution in [0.25, 0.3) is 36.1 Å². The molecule has 0 aliphatic heterocycles. The van der Waals surface area contributed by atoms with E-state index in [1.807, 2.05) is 53.1 Å². The van der Waals surface area contributed by atoms with Crippen molar-refractivity contribution in [2.24, 2.45) is 0 Å². The van der Waals surface area contributed by atoms with Crippen LogP contribution in [0.4, 0.5) is 0 Å². The van der Waals surface area contributed by atoms with E-state index in [0.29, 0.717) is 5.49 Å². The molecule has 0 bridgehead atoms. The first-order valence-electron chi connectivity index (χ1n) is 7.61. The molecule has 0 fully saturated rings. The van der Waals surface area contributed by atoms with Crippen LogP contribution in [0.3, 0.4) is 0 Å². The van der Waals surface area contributed by atoms with Crippen LogP contribution in [-0.2, 0) is 0 Å². The maximum absolute atomic E-state index is 8.63. The fourth-order valence-electron chi connectivity index (χ4n) is 2.97. The Bertz CT molecular complexity index is 1270. The molecule has 0 unspecified atom stereocenters. The zero-order chi connectivity index (χ0) is 16.1. The molecule has 3 aromatic heterocycles. The summed E-state index contributed by atoms with van der Waals surface area (Å²) in [4.78, 5) is 9.47. The first-order chi connectivity index (χ1) is 11.8. The van der Waals surface area contributed by atoms with E-state index in [1.165, 1.54) is 0 Å². The number of nitrogens with zero attached hydrogens (tertiary/aromatic N) is 3. The number of rotatable bonds is 1. The van der Waals surface area contributed by atoms with E-state index in [2.05, 4.69) is 17.1 Å². The van der Waals surface area contributed by atoms with Crippen LogP contribution < -0.4 is 5.49 Å². The summed E-state index contributed by atoms with van der Waals surface area (Å²) >= 11 is 0.0105. The van der Waals surface area contributed by atoms with Gasteiger partial charge in [0.1, 0.15) is 0 Å². The molecule has 0 saturated carbocycles. The zero-order valence-electron chi connectivity index (χ0n) is 12.6. The van der Waals surface area contributed by atoms with Crippen LogP contribution in [0.2, 0.25) is 0 Å². The molecular weight excluding hydrogens is 363 g/mol. The number of benzene rings is 2. The van der Waals surface area contributed by atoms with Gasteiger partial charge in [0.2, 0.25) is 0 Å². The molecule has 0 spiro atoms. The normalized spacial score (nSPS) is 11.5. The fraction of sp³-hybridized carbons (Fsp3) is 0. The van der Waals surface area contributed by atoms with Crippen molar-refractivity contribution in [2.45, 2.75) is 0 Å². The Balaban J connectivity index is 1.87. The van der Waals surface area contributed by atoms with Gasteiger partial charge in [0.15, 0.2) is 0 Å². The number of fused-ring (bicyclic) bond motifs is 4. The second-order valence-corrected chi connectivity index (χ2v) is 7.71. The van der Waals surface area contributed by atoms with Crippen molar-refractivity contribution in [2.75, 3.05) is 0 Å². The van der Waals surface area contributed by atoms with Gasteiger partial charge in [0.05, 0.1) is 0 Å². The van der Waals surface area contributed by atoms with Gasteiger partial charge in [0.25, 0.3) is 0 Å². The van der Waals surface area contributed by atoms with E-state index in [-0.39, 0.29) is 14.5 Å². The van der Waals surface area contributed by atoms with E-state index in [1.54, 1.807) is 6.33 Å². The van der Waals surface area contributed by atoms with Gasteiger partial charge in [-0.05, 0) is 0 Å². The van der Waals surface area contributed by atoms with E-state index in [0.717, 1.165) is 36.1 Å². The summed E-state index contributed by atoms with van der Waals surface area (Å²) in [7, 11) is 0. The number of nitrogens with one attached hydrogen (secondary N) is 1. The van der Waals surface area contributed by atoms with E-state index >= 15 is 0 Å². The van der Waals surface area contributed by atoms with Crippen molar-refractivity contribution < 1.29 is 0 Å². The predicted molar refractivity (Wildman–Crippen MR) is 96.7 cm³/mol. The van der Waals surface area contributed by atoms with Gasteiger partial charge in [-0.2, -0.15) is 0 Å². The van der Waals surface area contributed by atoms with Crippen molar-refractivity contribution in [1.82, 2.24) is 14.5 Å². The first-order valence-corrected chi connectivity index (χ1v) is 9.32. The second kappa shape index (κ2) is 5.13. The molecule has 3 heterocycles. The number of aromatic nitrogens is 3. The molecule has 4 nitrogen and oxygen atoms in total. The monoisotopic (exact) mass is 376 g/mol. The molecule has 1 N–H and O–H groups in total. The van der Waals surface area contributed by atoms with Gasteiger partial charge in [-0.15, -0.1) is 0 Å². The minimum atomic E-state index is 0.0105. The van der Waals surface area contributed by atoms with E-state index < -0.39 is 0 Å². The third kappa shape index (κ3) is 1.96. The van der Waals surface area contributed by atoms with Crippen LogP contribution >= 0.6 is 0 Å². The Morgan fingerprint density at radius 2 is 1.75 bits per heavy atom. The van der Waals surface area contributed by atoms with Crippen LogP contribution in [0.1, 0.15) is 0 Å². The molecule has 5 rings (SSSR count). The molecule has 114 valence electrons. The van der Waals surface area contributed by atoms with Crippen LogP contribution in [0.15, 0.2) is 67.0 Å². The molecule has 5 aromatic rings. The predicted octanol–water partition coefficient (Wildman–Crippen LogP) is 3.26. The summed E-state index contributed by atoms with van der Waals surface area (Å²) in [5.74, 6) is 0. The van der Waals surface area contributed by atoms with Crippen molar-refractivity contribution in [3.05, 3.63) is 72.5 Å². The average molecular weight is 375 g/mol. The average Bonchev–Trinajstić information content (AvgIpc) is 2.99. The van der Waals surface area contributed by atoms with Gasteiger partial charge in [-0.25, -0.2) is 0 Å². The molecule has 0 saturated heterocycles.